The van der Waals surface area contributed by atoms with E-state index < -0.39 is 0 Å². The van der Waals surface area contributed by atoms with Crippen molar-refractivity contribution in [1.29, 1.82) is 0 Å². The fourth-order valence-corrected chi connectivity index (χ4v) is 1.49. The Morgan fingerprint density at radius 2 is 1.83 bits per heavy atom. The highest BCUT2D eigenvalue weighted by molar-refractivity contribution is 5.91. The second-order valence-corrected chi connectivity index (χ2v) is 3.82. The molecule has 0 radical (unpaired) electrons. The summed E-state index contributed by atoms with van der Waals surface area (Å²) in [5, 5.41) is 2.83. The normalized spacial score (nSPS) is 10.4. The maximum atomic E-state index is 11.6. The summed E-state index contributed by atoms with van der Waals surface area (Å²) in [5.41, 5.74) is 2.04. The summed E-state index contributed by atoms with van der Waals surface area (Å²) in [5.74, 6) is -0.101. The van der Waals surface area contributed by atoms with Crippen molar-refractivity contribution in [2.45, 2.75) is 6.54 Å². The van der Waals surface area contributed by atoms with Crippen LogP contribution >= 0.6 is 0 Å². The summed E-state index contributed by atoms with van der Waals surface area (Å²) in [6.45, 7) is 0.542. The van der Waals surface area contributed by atoms with Crippen LogP contribution in [0, 0.1) is 0 Å². The highest BCUT2D eigenvalue weighted by Crippen LogP contribution is 2.00. The zero-order valence-corrected chi connectivity index (χ0v) is 9.91. The lowest BCUT2D eigenvalue weighted by molar-refractivity contribution is -0.116. The summed E-state index contributed by atoms with van der Waals surface area (Å²) in [6, 6.07) is 13.5. The predicted octanol–water partition coefficient (Wildman–Crippen LogP) is 2.41. The van der Waals surface area contributed by atoms with E-state index in [9.17, 15) is 4.79 Å². The largest absolute Gasteiger partial charge is 0.348 e. The van der Waals surface area contributed by atoms with Gasteiger partial charge >= 0.3 is 0 Å². The van der Waals surface area contributed by atoms with Gasteiger partial charge in [-0.05, 0) is 29.3 Å². The van der Waals surface area contributed by atoms with Crippen molar-refractivity contribution >= 4 is 12.0 Å². The molecule has 1 aromatic carbocycles. The quantitative estimate of drug-likeness (QED) is 0.831. The van der Waals surface area contributed by atoms with Gasteiger partial charge in [0.25, 0.3) is 0 Å². The van der Waals surface area contributed by atoms with E-state index in [-0.39, 0.29) is 5.91 Å². The number of carbonyl (C=O) groups is 1. The van der Waals surface area contributed by atoms with Crippen LogP contribution in [0.2, 0.25) is 0 Å². The van der Waals surface area contributed by atoms with Gasteiger partial charge in [0.1, 0.15) is 0 Å². The van der Waals surface area contributed by atoms with Crippen molar-refractivity contribution in [2.75, 3.05) is 0 Å². The van der Waals surface area contributed by atoms with Crippen LogP contribution in [0.15, 0.2) is 60.9 Å². The van der Waals surface area contributed by atoms with E-state index >= 15 is 0 Å². The second-order valence-electron chi connectivity index (χ2n) is 3.82. The first-order valence-corrected chi connectivity index (χ1v) is 5.74. The van der Waals surface area contributed by atoms with Crippen LogP contribution in [0.4, 0.5) is 0 Å². The van der Waals surface area contributed by atoms with E-state index in [1.807, 2.05) is 42.5 Å². The molecule has 0 bridgehead atoms. The zero-order valence-electron chi connectivity index (χ0n) is 9.91. The Bertz CT molecular complexity index is 521. The molecule has 2 aromatic rings. The van der Waals surface area contributed by atoms with Crippen LogP contribution in [0.5, 0.6) is 0 Å². The SMILES string of the molecule is O=C(/C=C/c1ccncc1)NCc1ccccc1. The monoisotopic (exact) mass is 238 g/mol. The lowest BCUT2D eigenvalue weighted by atomic mass is 10.2. The summed E-state index contributed by atoms with van der Waals surface area (Å²) in [6.07, 6.45) is 6.68. The molecule has 1 aromatic heterocycles. The third-order valence-electron chi connectivity index (χ3n) is 2.44. The van der Waals surface area contributed by atoms with Gasteiger partial charge in [0.15, 0.2) is 0 Å². The molecule has 3 nitrogen and oxygen atoms in total. The number of aromatic nitrogens is 1. The molecule has 0 saturated carbocycles. The first-order chi connectivity index (χ1) is 8.84. The molecule has 0 aliphatic rings. The van der Waals surface area contributed by atoms with Gasteiger partial charge in [0, 0.05) is 25.0 Å². The molecule has 0 aliphatic carbocycles. The Morgan fingerprint density at radius 1 is 1.11 bits per heavy atom. The summed E-state index contributed by atoms with van der Waals surface area (Å²) in [7, 11) is 0. The van der Waals surface area contributed by atoms with Crippen LogP contribution in [0.25, 0.3) is 6.08 Å². The molecule has 0 atom stereocenters. The lowest BCUT2D eigenvalue weighted by Gasteiger charge is -2.01. The molecule has 1 heterocycles. The van der Waals surface area contributed by atoms with Gasteiger partial charge in [0.05, 0.1) is 0 Å². The minimum atomic E-state index is -0.101. The number of hydrogen-bond donors (Lipinski definition) is 1. The van der Waals surface area contributed by atoms with Gasteiger partial charge in [-0.2, -0.15) is 0 Å². The maximum absolute atomic E-state index is 11.6. The summed E-state index contributed by atoms with van der Waals surface area (Å²) in [4.78, 5) is 15.5. The van der Waals surface area contributed by atoms with Crippen molar-refractivity contribution in [3.8, 4) is 0 Å². The topological polar surface area (TPSA) is 42.0 Å². The third kappa shape index (κ3) is 3.87. The Hall–Kier alpha value is -2.42. The molecule has 18 heavy (non-hydrogen) atoms. The van der Waals surface area contributed by atoms with Gasteiger partial charge < -0.3 is 5.32 Å². The summed E-state index contributed by atoms with van der Waals surface area (Å²) >= 11 is 0. The number of benzene rings is 1. The molecule has 0 fully saturated rings. The van der Waals surface area contributed by atoms with E-state index in [0.29, 0.717) is 6.54 Å². The zero-order chi connectivity index (χ0) is 12.6. The maximum Gasteiger partial charge on any atom is 0.244 e. The van der Waals surface area contributed by atoms with Crippen molar-refractivity contribution in [3.63, 3.8) is 0 Å². The smallest absolute Gasteiger partial charge is 0.244 e. The Morgan fingerprint density at radius 3 is 2.56 bits per heavy atom. The van der Waals surface area contributed by atoms with Crippen molar-refractivity contribution in [1.82, 2.24) is 10.3 Å². The Balaban J connectivity index is 1.84. The second kappa shape index (κ2) is 6.35. The number of rotatable bonds is 4. The standard InChI is InChI=1S/C15H14N2O/c18-15(7-6-13-8-10-16-11-9-13)17-12-14-4-2-1-3-5-14/h1-11H,12H2,(H,17,18)/b7-6+. The van der Waals surface area contributed by atoms with Gasteiger partial charge in [0.2, 0.25) is 5.91 Å². The van der Waals surface area contributed by atoms with E-state index in [4.69, 9.17) is 0 Å². The molecule has 0 unspecified atom stereocenters. The molecule has 90 valence electrons. The highest BCUT2D eigenvalue weighted by Gasteiger charge is 1.95. The minimum Gasteiger partial charge on any atom is -0.348 e. The fraction of sp³-hybridized carbons (Fsp3) is 0.0667. The molecular formula is C15H14N2O. The molecule has 0 spiro atoms. The fourth-order valence-electron chi connectivity index (χ4n) is 1.49. The van der Waals surface area contributed by atoms with Gasteiger partial charge in [-0.15, -0.1) is 0 Å². The molecule has 3 heteroatoms. The van der Waals surface area contributed by atoms with Crippen LogP contribution in [0.3, 0.4) is 0 Å². The van der Waals surface area contributed by atoms with E-state index in [1.165, 1.54) is 6.08 Å². The molecule has 1 N–H and O–H groups in total. The molecule has 0 aliphatic heterocycles. The average molecular weight is 238 g/mol. The number of nitrogens with one attached hydrogen (secondary N) is 1. The minimum absolute atomic E-state index is 0.101. The van der Waals surface area contributed by atoms with Crippen LogP contribution in [-0.4, -0.2) is 10.9 Å². The molecule has 2 rings (SSSR count). The van der Waals surface area contributed by atoms with E-state index in [1.54, 1.807) is 18.5 Å². The van der Waals surface area contributed by atoms with E-state index in [2.05, 4.69) is 10.3 Å². The van der Waals surface area contributed by atoms with Gasteiger partial charge in [-0.25, -0.2) is 0 Å². The third-order valence-corrected chi connectivity index (χ3v) is 2.44. The van der Waals surface area contributed by atoms with Gasteiger partial charge in [-0.3, -0.25) is 9.78 Å². The molecule has 1 amide bonds. The lowest BCUT2D eigenvalue weighted by Crippen LogP contribution is -2.20. The number of pyridine rings is 1. The van der Waals surface area contributed by atoms with Gasteiger partial charge in [-0.1, -0.05) is 30.3 Å². The van der Waals surface area contributed by atoms with Crippen molar-refractivity contribution in [2.24, 2.45) is 0 Å². The molecule has 0 saturated heterocycles. The van der Waals surface area contributed by atoms with Crippen LogP contribution in [-0.2, 0) is 11.3 Å². The first kappa shape index (κ1) is 12.0. The number of amides is 1. The number of carbonyl (C=O) groups excluding carboxylic acids is 1. The van der Waals surface area contributed by atoms with Crippen LogP contribution < -0.4 is 5.32 Å². The first-order valence-electron chi connectivity index (χ1n) is 5.74. The Kier molecular flexibility index (Phi) is 4.25. The van der Waals surface area contributed by atoms with Crippen LogP contribution in [0.1, 0.15) is 11.1 Å². The van der Waals surface area contributed by atoms with E-state index in [0.717, 1.165) is 11.1 Å². The Labute approximate surface area is 106 Å². The predicted molar refractivity (Wildman–Crippen MR) is 71.6 cm³/mol. The highest BCUT2D eigenvalue weighted by atomic mass is 16.1. The average Bonchev–Trinajstić information content (AvgIpc) is 2.45. The number of hydrogen-bond acceptors (Lipinski definition) is 2. The summed E-state index contributed by atoms with van der Waals surface area (Å²) < 4.78 is 0. The molecular weight excluding hydrogens is 224 g/mol. The van der Waals surface area contributed by atoms with Crippen molar-refractivity contribution < 1.29 is 4.79 Å². The number of nitrogens with zero attached hydrogens (tertiary/aromatic N) is 1. The van der Waals surface area contributed by atoms with Crippen molar-refractivity contribution in [3.05, 3.63) is 72.1 Å².